The zero-order chi connectivity index (χ0) is 9.47. The van der Waals surface area contributed by atoms with Gasteiger partial charge in [-0.2, -0.15) is 0 Å². The Morgan fingerprint density at radius 1 is 1.54 bits per heavy atom. The Morgan fingerprint density at radius 2 is 2.31 bits per heavy atom. The number of rotatable bonds is 2. The largest absolute Gasteiger partial charge is 0.294 e. The third-order valence-electron chi connectivity index (χ3n) is 3.72. The molecule has 0 radical (unpaired) electrons. The van der Waals surface area contributed by atoms with Crippen LogP contribution >= 0.6 is 0 Å². The van der Waals surface area contributed by atoms with Crippen LogP contribution in [-0.2, 0) is 4.79 Å². The van der Waals surface area contributed by atoms with Crippen molar-refractivity contribution < 1.29 is 4.79 Å². The van der Waals surface area contributed by atoms with Crippen LogP contribution in [0.2, 0.25) is 0 Å². The number of carbonyl (C=O) groups excluding carboxylic acids is 1. The Kier molecular flexibility index (Phi) is 1.90. The van der Waals surface area contributed by atoms with Crippen LogP contribution in [0.3, 0.4) is 0 Å². The minimum Gasteiger partial charge on any atom is -0.294 e. The van der Waals surface area contributed by atoms with Gasteiger partial charge in [0.15, 0.2) is 5.78 Å². The van der Waals surface area contributed by atoms with Gasteiger partial charge >= 0.3 is 0 Å². The van der Waals surface area contributed by atoms with E-state index in [0.717, 1.165) is 6.42 Å². The van der Waals surface area contributed by atoms with Gasteiger partial charge in [-0.15, -0.1) is 0 Å². The Balaban J connectivity index is 2.30. The molecule has 1 heteroatoms. The highest BCUT2D eigenvalue weighted by Gasteiger charge is 2.45. The Bertz CT molecular complexity index is 277. The van der Waals surface area contributed by atoms with Crippen molar-refractivity contribution in [1.29, 1.82) is 0 Å². The summed E-state index contributed by atoms with van der Waals surface area (Å²) in [4.78, 5) is 11.7. The van der Waals surface area contributed by atoms with Crippen molar-refractivity contribution in [2.75, 3.05) is 0 Å². The maximum Gasteiger partial charge on any atom is 0.161 e. The van der Waals surface area contributed by atoms with E-state index < -0.39 is 0 Å². The fraction of sp³-hybridized carbons (Fsp3) is 0.583. The molecule has 2 bridgehead atoms. The molecule has 3 rings (SSSR count). The first-order valence-corrected chi connectivity index (χ1v) is 5.02. The van der Waals surface area contributed by atoms with Gasteiger partial charge in [-0.05, 0) is 37.2 Å². The molecular formula is C12H16O. The molecule has 0 aromatic carbocycles. The summed E-state index contributed by atoms with van der Waals surface area (Å²) in [5.41, 5.74) is -0.139. The van der Waals surface area contributed by atoms with Gasteiger partial charge in [0.1, 0.15) is 0 Å². The zero-order valence-electron chi connectivity index (χ0n) is 8.12. The van der Waals surface area contributed by atoms with Gasteiger partial charge in [-0.3, -0.25) is 4.79 Å². The van der Waals surface area contributed by atoms with Crippen LogP contribution in [0.5, 0.6) is 0 Å². The molecule has 0 aliphatic heterocycles. The van der Waals surface area contributed by atoms with E-state index in [1.54, 1.807) is 0 Å². The van der Waals surface area contributed by atoms with Crippen LogP contribution in [0.15, 0.2) is 24.8 Å². The number of hydrogen-bond donors (Lipinski definition) is 0. The normalized spacial score (nSPS) is 41.9. The summed E-state index contributed by atoms with van der Waals surface area (Å²) in [5, 5.41) is 0. The second-order valence-electron chi connectivity index (χ2n) is 4.52. The van der Waals surface area contributed by atoms with E-state index in [1.165, 1.54) is 18.9 Å². The second kappa shape index (κ2) is 2.83. The standard InChI is InChI=1S/C12H16O/c1-3-11(13)12(2)8-9-4-6-10(12)7-5-9/h3-4,6,9-10H,1,5,7-8H2,2H3. The van der Waals surface area contributed by atoms with E-state index in [9.17, 15) is 4.79 Å². The molecule has 13 heavy (non-hydrogen) atoms. The summed E-state index contributed by atoms with van der Waals surface area (Å²) in [7, 11) is 0. The molecule has 1 saturated carbocycles. The van der Waals surface area contributed by atoms with E-state index in [1.807, 2.05) is 0 Å². The maximum absolute atomic E-state index is 11.7. The third-order valence-corrected chi connectivity index (χ3v) is 3.72. The lowest BCUT2D eigenvalue weighted by atomic mass is 9.58. The van der Waals surface area contributed by atoms with Crippen molar-refractivity contribution in [3.63, 3.8) is 0 Å². The monoisotopic (exact) mass is 176 g/mol. The molecule has 1 fully saturated rings. The van der Waals surface area contributed by atoms with Crippen LogP contribution in [0.4, 0.5) is 0 Å². The lowest BCUT2D eigenvalue weighted by Crippen LogP contribution is -2.41. The summed E-state index contributed by atoms with van der Waals surface area (Å²) in [6.45, 7) is 5.69. The summed E-state index contributed by atoms with van der Waals surface area (Å²) in [6.07, 6.45) is 9.48. The van der Waals surface area contributed by atoms with Crippen molar-refractivity contribution in [3.8, 4) is 0 Å². The molecule has 3 aliphatic carbocycles. The fourth-order valence-corrected chi connectivity index (χ4v) is 2.79. The van der Waals surface area contributed by atoms with Gasteiger partial charge in [0.25, 0.3) is 0 Å². The predicted octanol–water partition coefficient (Wildman–Crippen LogP) is 2.73. The van der Waals surface area contributed by atoms with Crippen LogP contribution < -0.4 is 0 Å². The molecular weight excluding hydrogens is 160 g/mol. The zero-order valence-corrected chi connectivity index (χ0v) is 8.12. The minimum atomic E-state index is -0.139. The summed E-state index contributed by atoms with van der Waals surface area (Å²) in [5.74, 6) is 1.33. The molecule has 0 heterocycles. The molecule has 70 valence electrons. The SMILES string of the molecule is C=CC(=O)C1(C)CC2C=CC1CC2. The van der Waals surface area contributed by atoms with E-state index in [-0.39, 0.29) is 11.2 Å². The number of fused-ring (bicyclic) bond motifs is 2. The van der Waals surface area contributed by atoms with E-state index >= 15 is 0 Å². The second-order valence-corrected chi connectivity index (χ2v) is 4.52. The molecule has 0 amide bonds. The van der Waals surface area contributed by atoms with Crippen LogP contribution in [0.1, 0.15) is 26.2 Å². The Hall–Kier alpha value is -0.850. The first-order chi connectivity index (χ1) is 6.16. The van der Waals surface area contributed by atoms with E-state index in [0.29, 0.717) is 11.8 Å². The highest BCUT2D eigenvalue weighted by Crippen LogP contribution is 2.49. The maximum atomic E-state index is 11.7. The molecule has 3 atom stereocenters. The molecule has 0 aromatic heterocycles. The fourth-order valence-electron chi connectivity index (χ4n) is 2.79. The van der Waals surface area contributed by atoms with Gasteiger partial charge in [0.2, 0.25) is 0 Å². The van der Waals surface area contributed by atoms with Gasteiger partial charge in [0, 0.05) is 5.41 Å². The van der Waals surface area contributed by atoms with Crippen LogP contribution in [0, 0.1) is 17.3 Å². The molecule has 0 spiro atoms. The molecule has 3 aliphatic rings. The highest BCUT2D eigenvalue weighted by atomic mass is 16.1. The van der Waals surface area contributed by atoms with Crippen LogP contribution in [0.25, 0.3) is 0 Å². The van der Waals surface area contributed by atoms with E-state index in [4.69, 9.17) is 0 Å². The first-order valence-electron chi connectivity index (χ1n) is 5.02. The number of carbonyl (C=O) groups is 1. The van der Waals surface area contributed by atoms with Gasteiger partial charge in [-0.1, -0.05) is 25.7 Å². The van der Waals surface area contributed by atoms with Gasteiger partial charge in [0.05, 0.1) is 0 Å². The quantitative estimate of drug-likeness (QED) is 0.467. The molecule has 0 N–H and O–H groups in total. The number of hydrogen-bond acceptors (Lipinski definition) is 1. The van der Waals surface area contributed by atoms with Crippen molar-refractivity contribution >= 4 is 5.78 Å². The van der Waals surface area contributed by atoms with Crippen molar-refractivity contribution in [2.45, 2.75) is 26.2 Å². The minimum absolute atomic E-state index is 0.139. The third kappa shape index (κ3) is 1.18. The summed E-state index contributed by atoms with van der Waals surface area (Å²) in [6, 6.07) is 0. The van der Waals surface area contributed by atoms with Crippen LogP contribution in [-0.4, -0.2) is 5.78 Å². The Morgan fingerprint density at radius 3 is 2.69 bits per heavy atom. The molecule has 0 aromatic rings. The van der Waals surface area contributed by atoms with Gasteiger partial charge in [-0.25, -0.2) is 0 Å². The van der Waals surface area contributed by atoms with Crippen molar-refractivity contribution in [2.24, 2.45) is 17.3 Å². The van der Waals surface area contributed by atoms with Crippen molar-refractivity contribution in [3.05, 3.63) is 24.8 Å². The van der Waals surface area contributed by atoms with Crippen molar-refractivity contribution in [1.82, 2.24) is 0 Å². The average molecular weight is 176 g/mol. The molecule has 1 nitrogen and oxygen atoms in total. The molecule has 0 saturated heterocycles. The highest BCUT2D eigenvalue weighted by molar-refractivity contribution is 5.94. The average Bonchev–Trinajstić information content (AvgIpc) is 2.18. The topological polar surface area (TPSA) is 17.1 Å². The predicted molar refractivity (Wildman–Crippen MR) is 53.3 cm³/mol. The van der Waals surface area contributed by atoms with Gasteiger partial charge < -0.3 is 0 Å². The lowest BCUT2D eigenvalue weighted by Gasteiger charge is -2.44. The lowest BCUT2D eigenvalue weighted by molar-refractivity contribution is -0.127. The summed E-state index contributed by atoms with van der Waals surface area (Å²) >= 11 is 0. The smallest absolute Gasteiger partial charge is 0.161 e. The number of allylic oxidation sites excluding steroid dienone is 3. The Labute approximate surface area is 79.5 Å². The summed E-state index contributed by atoms with van der Waals surface area (Å²) < 4.78 is 0. The van der Waals surface area contributed by atoms with E-state index in [2.05, 4.69) is 25.7 Å². The number of ketones is 1. The molecule has 3 unspecified atom stereocenters. The first kappa shape index (κ1) is 8.74.